The lowest BCUT2D eigenvalue weighted by atomic mass is 9.92. The number of nitrogens with zero attached hydrogens (tertiary/aromatic N) is 1. The van der Waals surface area contributed by atoms with Crippen molar-refractivity contribution in [3.8, 4) is 0 Å². The molecule has 2 aliphatic rings. The van der Waals surface area contributed by atoms with E-state index < -0.39 is 0 Å². The van der Waals surface area contributed by atoms with Crippen LogP contribution in [0.15, 0.2) is 48.6 Å². The summed E-state index contributed by atoms with van der Waals surface area (Å²) in [6.07, 6.45) is 7.38. The van der Waals surface area contributed by atoms with E-state index in [2.05, 4.69) is 47.4 Å². The van der Waals surface area contributed by atoms with Gasteiger partial charge in [-0.05, 0) is 17.2 Å². The standard InChI is InChI=1S/C16H20N2O/c17-16(18-10-12-19-13-11-18)8-6-15(7-9-16)14-4-2-1-3-5-14/h1-8H,9-13,17H2. The molecule has 1 aromatic carbocycles. The average molecular weight is 256 g/mol. The average Bonchev–Trinajstić information content (AvgIpc) is 2.50. The minimum Gasteiger partial charge on any atom is -0.379 e. The van der Waals surface area contributed by atoms with Crippen LogP contribution in [0.1, 0.15) is 12.0 Å². The lowest BCUT2D eigenvalue weighted by Gasteiger charge is -2.42. The van der Waals surface area contributed by atoms with Crippen LogP contribution in [0, 0.1) is 0 Å². The quantitative estimate of drug-likeness (QED) is 0.879. The van der Waals surface area contributed by atoms with E-state index in [1.165, 1.54) is 11.1 Å². The van der Waals surface area contributed by atoms with Crippen LogP contribution in [0.3, 0.4) is 0 Å². The normalized spacial score (nSPS) is 28.2. The Morgan fingerprint density at radius 2 is 1.84 bits per heavy atom. The highest BCUT2D eigenvalue weighted by molar-refractivity contribution is 5.75. The highest BCUT2D eigenvalue weighted by atomic mass is 16.5. The van der Waals surface area contributed by atoms with Crippen LogP contribution < -0.4 is 5.73 Å². The third-order valence-electron chi connectivity index (χ3n) is 3.91. The summed E-state index contributed by atoms with van der Waals surface area (Å²) < 4.78 is 5.39. The largest absolute Gasteiger partial charge is 0.379 e. The molecule has 1 aliphatic heterocycles. The molecule has 0 amide bonds. The van der Waals surface area contributed by atoms with Crippen molar-refractivity contribution in [2.24, 2.45) is 5.73 Å². The smallest absolute Gasteiger partial charge is 0.0919 e. The fourth-order valence-electron chi connectivity index (χ4n) is 2.70. The summed E-state index contributed by atoms with van der Waals surface area (Å²) in [4.78, 5) is 2.31. The number of benzene rings is 1. The third-order valence-corrected chi connectivity index (χ3v) is 3.91. The molecule has 2 N–H and O–H groups in total. The van der Waals surface area contributed by atoms with Crippen molar-refractivity contribution in [1.82, 2.24) is 4.90 Å². The molecular weight excluding hydrogens is 236 g/mol. The third kappa shape index (κ3) is 2.63. The van der Waals surface area contributed by atoms with Crippen molar-refractivity contribution < 1.29 is 4.74 Å². The maximum absolute atomic E-state index is 6.51. The molecule has 3 heteroatoms. The van der Waals surface area contributed by atoms with Crippen LogP contribution in [0.5, 0.6) is 0 Å². The van der Waals surface area contributed by atoms with E-state index in [0.717, 1.165) is 32.7 Å². The van der Waals surface area contributed by atoms with Gasteiger partial charge in [0.2, 0.25) is 0 Å². The highest BCUT2D eigenvalue weighted by Crippen LogP contribution is 2.28. The summed E-state index contributed by atoms with van der Waals surface area (Å²) in [5.74, 6) is 0. The molecule has 3 nitrogen and oxygen atoms in total. The van der Waals surface area contributed by atoms with E-state index in [1.807, 2.05) is 6.07 Å². The summed E-state index contributed by atoms with van der Waals surface area (Å²) in [5.41, 5.74) is 8.68. The highest BCUT2D eigenvalue weighted by Gasteiger charge is 2.31. The molecule has 0 spiro atoms. The van der Waals surface area contributed by atoms with E-state index in [0.29, 0.717) is 0 Å². The van der Waals surface area contributed by atoms with Gasteiger partial charge in [-0.2, -0.15) is 0 Å². The van der Waals surface area contributed by atoms with E-state index in [9.17, 15) is 0 Å². The van der Waals surface area contributed by atoms with E-state index in [1.54, 1.807) is 0 Å². The van der Waals surface area contributed by atoms with Gasteiger partial charge >= 0.3 is 0 Å². The summed E-state index contributed by atoms with van der Waals surface area (Å²) in [6.45, 7) is 3.38. The van der Waals surface area contributed by atoms with Gasteiger partial charge < -0.3 is 10.5 Å². The second-order valence-electron chi connectivity index (χ2n) is 5.15. The molecule has 1 heterocycles. The Balaban J connectivity index is 1.74. The summed E-state index contributed by atoms with van der Waals surface area (Å²) >= 11 is 0. The molecule has 1 aliphatic carbocycles. The minimum absolute atomic E-state index is 0.345. The fourth-order valence-corrected chi connectivity index (χ4v) is 2.70. The Labute approximate surface area is 114 Å². The van der Waals surface area contributed by atoms with Crippen LogP contribution in [-0.2, 0) is 4.74 Å². The number of hydrogen-bond donors (Lipinski definition) is 1. The lowest BCUT2D eigenvalue weighted by Crippen LogP contribution is -2.58. The lowest BCUT2D eigenvalue weighted by molar-refractivity contribution is -0.00363. The molecule has 19 heavy (non-hydrogen) atoms. The number of allylic oxidation sites excluding steroid dienone is 2. The first-order valence-electron chi connectivity index (χ1n) is 6.84. The Hall–Kier alpha value is -1.42. The topological polar surface area (TPSA) is 38.5 Å². The van der Waals surface area contributed by atoms with Crippen molar-refractivity contribution >= 4 is 5.57 Å². The van der Waals surface area contributed by atoms with Crippen LogP contribution in [0.2, 0.25) is 0 Å². The van der Waals surface area contributed by atoms with Crippen LogP contribution >= 0.6 is 0 Å². The molecular formula is C16H20N2O. The van der Waals surface area contributed by atoms with Gasteiger partial charge in [0, 0.05) is 19.5 Å². The van der Waals surface area contributed by atoms with Crippen molar-refractivity contribution in [3.63, 3.8) is 0 Å². The Morgan fingerprint density at radius 1 is 1.11 bits per heavy atom. The number of morpholine rings is 1. The summed E-state index contributed by atoms with van der Waals surface area (Å²) in [6, 6.07) is 10.4. The molecule has 1 unspecified atom stereocenters. The van der Waals surface area contributed by atoms with Crippen molar-refractivity contribution in [3.05, 3.63) is 54.1 Å². The van der Waals surface area contributed by atoms with Gasteiger partial charge in [0.05, 0.1) is 18.9 Å². The van der Waals surface area contributed by atoms with Crippen molar-refractivity contribution in [2.75, 3.05) is 26.3 Å². The Kier molecular flexibility index (Phi) is 3.51. The number of nitrogens with two attached hydrogens (primary N) is 1. The molecule has 1 saturated heterocycles. The second-order valence-corrected chi connectivity index (χ2v) is 5.15. The number of hydrogen-bond acceptors (Lipinski definition) is 3. The van der Waals surface area contributed by atoms with Crippen molar-refractivity contribution in [1.29, 1.82) is 0 Å². The minimum atomic E-state index is -0.345. The van der Waals surface area contributed by atoms with Gasteiger partial charge in [-0.1, -0.05) is 42.5 Å². The zero-order valence-corrected chi connectivity index (χ0v) is 11.1. The van der Waals surface area contributed by atoms with Gasteiger partial charge in [0.1, 0.15) is 0 Å². The maximum atomic E-state index is 6.51. The molecule has 0 saturated carbocycles. The molecule has 0 aromatic heterocycles. The van der Waals surface area contributed by atoms with Crippen molar-refractivity contribution in [2.45, 2.75) is 12.1 Å². The zero-order chi connectivity index (χ0) is 13.1. The molecule has 1 atom stereocenters. The fraction of sp³-hybridized carbons (Fsp3) is 0.375. The number of ether oxygens (including phenoxy) is 1. The molecule has 100 valence electrons. The second kappa shape index (κ2) is 5.29. The molecule has 3 rings (SSSR count). The van der Waals surface area contributed by atoms with Crippen LogP contribution in [0.4, 0.5) is 0 Å². The maximum Gasteiger partial charge on any atom is 0.0919 e. The molecule has 0 radical (unpaired) electrons. The van der Waals surface area contributed by atoms with E-state index in [4.69, 9.17) is 10.5 Å². The molecule has 1 aromatic rings. The first kappa shape index (κ1) is 12.6. The Morgan fingerprint density at radius 3 is 2.47 bits per heavy atom. The summed E-state index contributed by atoms with van der Waals surface area (Å²) in [7, 11) is 0. The summed E-state index contributed by atoms with van der Waals surface area (Å²) in [5, 5.41) is 0. The predicted octanol–water partition coefficient (Wildman–Crippen LogP) is 2.02. The van der Waals surface area contributed by atoms with E-state index in [-0.39, 0.29) is 5.66 Å². The zero-order valence-electron chi connectivity index (χ0n) is 11.1. The first-order chi connectivity index (χ1) is 9.28. The van der Waals surface area contributed by atoms with Gasteiger partial charge in [-0.3, -0.25) is 4.90 Å². The Bertz CT molecular complexity index is 489. The van der Waals surface area contributed by atoms with Gasteiger partial charge in [0.25, 0.3) is 0 Å². The number of rotatable bonds is 2. The van der Waals surface area contributed by atoms with E-state index >= 15 is 0 Å². The predicted molar refractivity (Wildman–Crippen MR) is 77.5 cm³/mol. The first-order valence-corrected chi connectivity index (χ1v) is 6.84. The SMILES string of the molecule is NC1(N2CCOCC2)C=CC(c2ccccc2)=CC1. The monoisotopic (exact) mass is 256 g/mol. The molecule has 1 fully saturated rings. The van der Waals surface area contributed by atoms with Gasteiger partial charge in [-0.15, -0.1) is 0 Å². The van der Waals surface area contributed by atoms with Gasteiger partial charge in [0.15, 0.2) is 0 Å². The van der Waals surface area contributed by atoms with Gasteiger partial charge in [-0.25, -0.2) is 0 Å². The van der Waals surface area contributed by atoms with Crippen LogP contribution in [0.25, 0.3) is 5.57 Å². The molecule has 0 bridgehead atoms. The van der Waals surface area contributed by atoms with Crippen LogP contribution in [-0.4, -0.2) is 36.9 Å².